The third-order valence-electron chi connectivity index (χ3n) is 10.1. The van der Waals surface area contributed by atoms with Gasteiger partial charge in [-0.3, -0.25) is 24.5 Å². The lowest BCUT2D eigenvalue weighted by Crippen LogP contribution is -2.45. The van der Waals surface area contributed by atoms with E-state index in [0.29, 0.717) is 11.1 Å². The molecule has 0 saturated carbocycles. The Bertz CT molecular complexity index is 2170. The zero-order valence-electron chi connectivity index (χ0n) is 30.6. The van der Waals surface area contributed by atoms with Gasteiger partial charge in [0.25, 0.3) is 5.56 Å². The minimum Gasteiger partial charge on any atom is -0.450 e. The summed E-state index contributed by atoms with van der Waals surface area (Å²) in [6.45, 7) is -1.23. The Morgan fingerprint density at radius 1 is 1.09 bits per heavy atom. The molecule has 9 unspecified atom stereocenters. The molecule has 7 N–H and O–H groups in total. The van der Waals surface area contributed by atoms with Gasteiger partial charge in [0, 0.05) is 48.9 Å². The summed E-state index contributed by atoms with van der Waals surface area (Å²) >= 11 is 0. The summed E-state index contributed by atoms with van der Waals surface area (Å²) in [7, 11) is 1.25. The average molecular weight is 817 g/mol. The highest BCUT2D eigenvalue weighted by Gasteiger charge is 2.74. The van der Waals surface area contributed by atoms with Crippen molar-refractivity contribution in [1.82, 2.24) is 30.6 Å². The fourth-order valence-corrected chi connectivity index (χ4v) is 7.28. The Balaban J connectivity index is 0.982. The van der Waals surface area contributed by atoms with Gasteiger partial charge in [-0.15, -0.1) is 0 Å². The fourth-order valence-electron chi connectivity index (χ4n) is 7.28. The summed E-state index contributed by atoms with van der Waals surface area (Å²) in [5, 5.41) is 32.5. The molecule has 310 valence electrons. The van der Waals surface area contributed by atoms with E-state index < -0.39 is 90.2 Å². The molecule has 58 heavy (non-hydrogen) atoms. The van der Waals surface area contributed by atoms with Crippen LogP contribution < -0.4 is 32.6 Å². The number of halogens is 3. The van der Waals surface area contributed by atoms with Gasteiger partial charge in [0.2, 0.25) is 11.6 Å². The second-order valence-corrected chi connectivity index (χ2v) is 13.7. The first-order valence-electron chi connectivity index (χ1n) is 17.9. The van der Waals surface area contributed by atoms with Crippen LogP contribution in [0.15, 0.2) is 75.5 Å². The Morgan fingerprint density at radius 2 is 1.83 bits per heavy atom. The number of carbonyl (C=O) groups is 3. The number of hydrogen-bond acceptors (Lipinski definition) is 13. The first kappa shape index (κ1) is 41.7. The van der Waals surface area contributed by atoms with Crippen LogP contribution in [0.2, 0.25) is 0 Å². The van der Waals surface area contributed by atoms with E-state index in [9.17, 15) is 47.4 Å². The van der Waals surface area contributed by atoms with Crippen molar-refractivity contribution in [1.29, 1.82) is 0 Å². The summed E-state index contributed by atoms with van der Waals surface area (Å²) in [5.41, 5.74) is 8.66. The molecule has 2 saturated heterocycles. The van der Waals surface area contributed by atoms with Gasteiger partial charge in [0.1, 0.15) is 24.4 Å². The average Bonchev–Trinajstić information content (AvgIpc) is 3.69. The topological polar surface area (TPSA) is 284 Å². The number of fused-ring (bicyclic) bond motifs is 2. The second kappa shape index (κ2) is 17.3. The number of benzene rings is 2. The van der Waals surface area contributed by atoms with Gasteiger partial charge in [-0.05, 0) is 47.0 Å². The SMILES string of the molecule is CN1NC1(C1c2cc(ccc2NC(=O)OC(CCCOC(=O)NCC(=O)NCC2OC(n3ccc(=O)[nH]c3=O)C(O)C2O)c2ccccc2)C1CN=[N+]=[N-])C(F)(F)F. The maximum atomic E-state index is 14.5. The number of alkyl halides is 3. The number of nitrogens with zero attached hydrogens (tertiary/aromatic N) is 5. The number of likely N-dealkylation sites (N-methyl/N-ethyl adjacent to an activating group) is 1. The molecule has 9 atom stereocenters. The van der Waals surface area contributed by atoms with Gasteiger partial charge in [0.05, 0.1) is 13.2 Å². The lowest BCUT2D eigenvalue weighted by atomic mass is 9.81. The molecule has 0 radical (unpaired) electrons. The number of hydrogen-bond donors (Lipinski definition) is 7. The normalized spacial score (nSPS) is 26.2. The number of amides is 3. The number of carbonyl (C=O) groups excluding carboxylic acids is 3. The second-order valence-electron chi connectivity index (χ2n) is 13.7. The zero-order chi connectivity index (χ0) is 41.8. The molecular weight excluding hydrogens is 777 g/mol. The van der Waals surface area contributed by atoms with Gasteiger partial charge < -0.3 is 35.1 Å². The van der Waals surface area contributed by atoms with Gasteiger partial charge in [-0.25, -0.2) is 24.8 Å². The first-order valence-corrected chi connectivity index (χ1v) is 17.9. The van der Waals surface area contributed by atoms with Crippen molar-refractivity contribution < 1.29 is 52.0 Å². The number of aliphatic hydroxyl groups excluding tert-OH is 2. The maximum Gasteiger partial charge on any atom is 0.423 e. The number of aromatic nitrogens is 2. The molecule has 3 amide bonds. The lowest BCUT2D eigenvalue weighted by Gasteiger charge is -2.30. The van der Waals surface area contributed by atoms with Crippen LogP contribution in [0.3, 0.4) is 0 Å². The summed E-state index contributed by atoms with van der Waals surface area (Å²) in [4.78, 5) is 66.1. The van der Waals surface area contributed by atoms with Crippen molar-refractivity contribution in [2.45, 2.75) is 67.2 Å². The van der Waals surface area contributed by atoms with Crippen molar-refractivity contribution in [2.24, 2.45) is 5.11 Å². The van der Waals surface area contributed by atoms with Crippen LogP contribution in [0.25, 0.3) is 10.4 Å². The number of H-pyrrole nitrogens is 1. The van der Waals surface area contributed by atoms with Crippen molar-refractivity contribution in [3.63, 3.8) is 0 Å². The molecule has 23 heteroatoms. The van der Waals surface area contributed by atoms with E-state index in [1.165, 1.54) is 19.2 Å². The summed E-state index contributed by atoms with van der Waals surface area (Å²) in [5.74, 6) is -2.79. The van der Waals surface area contributed by atoms with Gasteiger partial charge in [0.15, 0.2) is 6.23 Å². The van der Waals surface area contributed by atoms with E-state index in [0.717, 1.165) is 21.8 Å². The molecule has 3 aliphatic rings. The van der Waals surface area contributed by atoms with E-state index in [1.54, 1.807) is 36.4 Å². The molecule has 2 aromatic carbocycles. The third kappa shape index (κ3) is 8.78. The van der Waals surface area contributed by atoms with Gasteiger partial charge >= 0.3 is 24.1 Å². The zero-order valence-corrected chi connectivity index (χ0v) is 30.6. The number of azide groups is 1. The summed E-state index contributed by atoms with van der Waals surface area (Å²) in [6, 6.07) is 14.2. The van der Waals surface area contributed by atoms with Crippen LogP contribution in [0.5, 0.6) is 0 Å². The number of aliphatic hydroxyl groups is 2. The highest BCUT2D eigenvalue weighted by molar-refractivity contribution is 5.87. The molecule has 1 aromatic heterocycles. The Hall–Kier alpha value is -5.97. The van der Waals surface area contributed by atoms with Crippen molar-refractivity contribution in [3.8, 4) is 0 Å². The quantitative estimate of drug-likeness (QED) is 0.0381. The molecular formula is C35H39F3N10O10. The predicted molar refractivity (Wildman–Crippen MR) is 194 cm³/mol. The Labute approximate surface area is 325 Å². The van der Waals surface area contributed by atoms with E-state index in [4.69, 9.17) is 19.7 Å². The highest BCUT2D eigenvalue weighted by Crippen LogP contribution is 2.59. The van der Waals surface area contributed by atoms with Crippen LogP contribution in [0.4, 0.5) is 28.4 Å². The van der Waals surface area contributed by atoms with Crippen molar-refractivity contribution >= 4 is 23.8 Å². The van der Waals surface area contributed by atoms with E-state index in [1.807, 2.05) is 4.98 Å². The smallest absolute Gasteiger partial charge is 0.423 e. The largest absolute Gasteiger partial charge is 0.450 e. The van der Waals surface area contributed by atoms with E-state index in [2.05, 4.69) is 31.4 Å². The van der Waals surface area contributed by atoms with Crippen LogP contribution in [-0.4, -0.2) is 106 Å². The molecule has 6 rings (SSSR count). The number of alkyl carbamates (subject to hydrolysis) is 1. The molecule has 3 heterocycles. The van der Waals surface area contributed by atoms with Gasteiger partial charge in [-0.1, -0.05) is 47.6 Å². The molecule has 20 nitrogen and oxygen atoms in total. The highest BCUT2D eigenvalue weighted by atomic mass is 19.4. The van der Waals surface area contributed by atoms with Crippen LogP contribution in [-0.2, 0) is 19.0 Å². The Morgan fingerprint density at radius 3 is 2.50 bits per heavy atom. The maximum absolute atomic E-state index is 14.5. The summed E-state index contributed by atoms with van der Waals surface area (Å²) in [6.07, 6.45) is -11.6. The number of anilines is 1. The molecule has 2 aliphatic heterocycles. The molecule has 3 aromatic rings. The molecule has 1 aliphatic carbocycles. The molecule has 2 fully saturated rings. The Kier molecular flexibility index (Phi) is 12.4. The summed E-state index contributed by atoms with van der Waals surface area (Å²) < 4.78 is 60.8. The monoisotopic (exact) mass is 816 g/mol. The predicted octanol–water partition coefficient (Wildman–Crippen LogP) is 1.97. The lowest BCUT2D eigenvalue weighted by molar-refractivity contribution is -0.178. The molecule has 0 spiro atoms. The minimum atomic E-state index is -4.72. The molecule has 2 bridgehead atoms. The van der Waals surface area contributed by atoms with Crippen molar-refractivity contribution in [3.05, 3.63) is 109 Å². The van der Waals surface area contributed by atoms with Crippen LogP contribution in [0, 0.1) is 0 Å². The number of hydrazine groups is 1. The standard InChI is InChI=1S/C35H39F3N10O10/c1-47-34(45-47,35(36,37)38)27-20-14-19(21(27)15-42-46-39)9-10-22(20)43-33(55)58-23(18-6-3-2-4-7-18)8-5-13-56-32(54)41-17-26(50)40-16-24-28(51)29(52)30(57-24)48-12-11-25(49)44-31(48)53/h2-4,6-7,9-12,14,21,23-24,27-30,45,51-52H,5,8,13,15-17H2,1H3,(H,40,50)(H,41,54)(H,43,55)(H,44,49,53). The fraction of sp³-hybridized carbons (Fsp3) is 0.457. The number of nitrogens with one attached hydrogen (secondary N) is 5. The van der Waals surface area contributed by atoms with Crippen LogP contribution in [0.1, 0.15) is 53.7 Å². The first-order chi connectivity index (χ1) is 27.6. The number of aromatic amines is 1. The van der Waals surface area contributed by atoms with Crippen molar-refractivity contribution in [2.75, 3.05) is 38.6 Å². The van der Waals surface area contributed by atoms with E-state index >= 15 is 0 Å². The minimum absolute atomic E-state index is 0.0835. The van der Waals surface area contributed by atoms with E-state index in [-0.39, 0.29) is 43.8 Å². The van der Waals surface area contributed by atoms with Gasteiger partial charge in [-0.2, -0.15) is 13.2 Å². The van der Waals surface area contributed by atoms with Crippen LogP contribution >= 0.6 is 0 Å². The third-order valence-corrected chi connectivity index (χ3v) is 10.1. The number of ether oxygens (including phenoxy) is 3. The number of rotatable bonds is 15.